The highest BCUT2D eigenvalue weighted by molar-refractivity contribution is 5.13. The van der Waals surface area contributed by atoms with E-state index in [0.717, 1.165) is 11.5 Å². The minimum atomic E-state index is 0.638. The van der Waals surface area contributed by atoms with Crippen LogP contribution in [0.5, 0.6) is 0 Å². The maximum absolute atomic E-state index is 5.18. The molecular weight excluding hydrogens is 116 g/mol. The summed E-state index contributed by atoms with van der Waals surface area (Å²) in [5.41, 5.74) is 0. The molecule has 2 nitrogen and oxygen atoms in total. The first-order valence-electron chi connectivity index (χ1n) is 2.93. The Bertz CT molecular complexity index is 147. The van der Waals surface area contributed by atoms with Crippen LogP contribution in [0.25, 0.3) is 0 Å². The zero-order valence-corrected chi connectivity index (χ0v) is 5.52. The van der Waals surface area contributed by atoms with Gasteiger partial charge in [-0.2, -0.15) is 0 Å². The van der Waals surface area contributed by atoms with E-state index in [9.17, 15) is 0 Å². The van der Waals surface area contributed by atoms with Crippen LogP contribution in [0.15, 0.2) is 24.2 Å². The van der Waals surface area contributed by atoms with Crippen LogP contribution in [0.4, 0.5) is 0 Å². The molecule has 0 spiro atoms. The summed E-state index contributed by atoms with van der Waals surface area (Å²) in [6.07, 6.45) is 1.66. The van der Waals surface area contributed by atoms with E-state index in [2.05, 4.69) is 6.58 Å². The van der Waals surface area contributed by atoms with Crippen LogP contribution < -0.4 is 0 Å². The average Bonchev–Trinajstić information content (AvgIpc) is 1.89. The number of hydrogen-bond donors (Lipinski definition) is 0. The van der Waals surface area contributed by atoms with E-state index in [1.807, 2.05) is 6.92 Å². The van der Waals surface area contributed by atoms with Crippen LogP contribution in [0.3, 0.4) is 0 Å². The molecule has 0 N–H and O–H groups in total. The van der Waals surface area contributed by atoms with Gasteiger partial charge in [-0.15, -0.1) is 0 Å². The van der Waals surface area contributed by atoms with Crippen molar-refractivity contribution >= 4 is 0 Å². The summed E-state index contributed by atoms with van der Waals surface area (Å²) >= 11 is 0. The van der Waals surface area contributed by atoms with Crippen LogP contribution in [0.1, 0.15) is 6.92 Å². The van der Waals surface area contributed by atoms with Crippen LogP contribution >= 0.6 is 0 Å². The Kier molecular flexibility index (Phi) is 1.78. The van der Waals surface area contributed by atoms with Crippen molar-refractivity contribution in [2.24, 2.45) is 0 Å². The molecule has 0 saturated carbocycles. The van der Waals surface area contributed by atoms with Gasteiger partial charge in [-0.25, -0.2) is 0 Å². The quantitative estimate of drug-likeness (QED) is 0.529. The van der Waals surface area contributed by atoms with Crippen molar-refractivity contribution < 1.29 is 9.47 Å². The maximum atomic E-state index is 5.18. The molecule has 0 aromatic rings. The third kappa shape index (κ3) is 1.25. The molecule has 0 aromatic carbocycles. The first-order valence-corrected chi connectivity index (χ1v) is 2.93. The normalized spacial score (nSPS) is 18.3. The molecule has 1 aliphatic rings. The first kappa shape index (κ1) is 6.20. The topological polar surface area (TPSA) is 18.5 Å². The highest BCUT2D eigenvalue weighted by atomic mass is 16.6. The van der Waals surface area contributed by atoms with Crippen molar-refractivity contribution in [1.29, 1.82) is 0 Å². The number of allylic oxidation sites excluding steroid dienone is 2. The standard InChI is InChI=1S/C7H10O2/c1-3-7-6(2)8-4-5-9-7/h3H,1,4-5H2,2H3. The highest BCUT2D eigenvalue weighted by Crippen LogP contribution is 2.12. The average molecular weight is 126 g/mol. The van der Waals surface area contributed by atoms with Gasteiger partial charge in [0.2, 0.25) is 0 Å². The molecule has 0 amide bonds. The molecular formula is C7H10O2. The Morgan fingerprint density at radius 2 is 2.11 bits per heavy atom. The van der Waals surface area contributed by atoms with Crippen molar-refractivity contribution in [2.45, 2.75) is 6.92 Å². The molecule has 0 unspecified atom stereocenters. The van der Waals surface area contributed by atoms with Crippen LogP contribution in [0.2, 0.25) is 0 Å². The molecule has 1 aliphatic heterocycles. The predicted molar refractivity (Wildman–Crippen MR) is 34.8 cm³/mol. The molecule has 0 atom stereocenters. The Balaban J connectivity index is 2.70. The van der Waals surface area contributed by atoms with Gasteiger partial charge in [-0.1, -0.05) is 6.58 Å². The molecule has 0 saturated heterocycles. The Labute approximate surface area is 54.8 Å². The molecule has 0 radical (unpaired) electrons. The number of hydrogen-bond acceptors (Lipinski definition) is 2. The number of ether oxygens (including phenoxy) is 2. The Morgan fingerprint density at radius 1 is 1.44 bits per heavy atom. The molecule has 1 rings (SSSR count). The fraction of sp³-hybridized carbons (Fsp3) is 0.429. The highest BCUT2D eigenvalue weighted by Gasteiger charge is 2.06. The van der Waals surface area contributed by atoms with Crippen molar-refractivity contribution in [2.75, 3.05) is 13.2 Å². The lowest BCUT2D eigenvalue weighted by Gasteiger charge is -2.16. The third-order valence-corrected chi connectivity index (χ3v) is 1.19. The summed E-state index contributed by atoms with van der Waals surface area (Å²) in [7, 11) is 0. The molecule has 2 heteroatoms. The van der Waals surface area contributed by atoms with E-state index in [4.69, 9.17) is 9.47 Å². The van der Waals surface area contributed by atoms with Gasteiger partial charge in [-0.05, 0) is 13.0 Å². The maximum Gasteiger partial charge on any atom is 0.156 e. The minimum absolute atomic E-state index is 0.638. The monoisotopic (exact) mass is 126 g/mol. The molecule has 50 valence electrons. The summed E-state index contributed by atoms with van der Waals surface area (Å²) in [4.78, 5) is 0. The lowest BCUT2D eigenvalue weighted by molar-refractivity contribution is 0.0709. The van der Waals surface area contributed by atoms with E-state index < -0.39 is 0 Å². The second-order valence-electron chi connectivity index (χ2n) is 1.82. The van der Waals surface area contributed by atoms with Gasteiger partial charge >= 0.3 is 0 Å². The van der Waals surface area contributed by atoms with Crippen molar-refractivity contribution in [3.63, 3.8) is 0 Å². The zero-order chi connectivity index (χ0) is 6.69. The van der Waals surface area contributed by atoms with Crippen molar-refractivity contribution in [3.8, 4) is 0 Å². The van der Waals surface area contributed by atoms with Gasteiger partial charge in [0.15, 0.2) is 5.76 Å². The SMILES string of the molecule is C=CC1=C(C)OCCO1. The summed E-state index contributed by atoms with van der Waals surface area (Å²) in [5.74, 6) is 1.59. The first-order chi connectivity index (χ1) is 4.34. The fourth-order valence-corrected chi connectivity index (χ4v) is 0.722. The molecule has 0 aromatic heterocycles. The zero-order valence-electron chi connectivity index (χ0n) is 5.52. The molecule has 0 fully saturated rings. The third-order valence-electron chi connectivity index (χ3n) is 1.19. The van der Waals surface area contributed by atoms with Crippen LogP contribution in [-0.2, 0) is 9.47 Å². The molecule has 1 heterocycles. The smallest absolute Gasteiger partial charge is 0.156 e. The molecule has 0 aliphatic carbocycles. The van der Waals surface area contributed by atoms with E-state index >= 15 is 0 Å². The van der Waals surface area contributed by atoms with E-state index in [1.165, 1.54) is 0 Å². The largest absolute Gasteiger partial charge is 0.491 e. The van der Waals surface area contributed by atoms with Crippen LogP contribution in [0, 0.1) is 0 Å². The van der Waals surface area contributed by atoms with Gasteiger partial charge in [0.05, 0.1) is 0 Å². The number of rotatable bonds is 1. The predicted octanol–water partition coefficient (Wildman–Crippen LogP) is 1.45. The van der Waals surface area contributed by atoms with Gasteiger partial charge in [-0.3, -0.25) is 0 Å². The van der Waals surface area contributed by atoms with E-state index in [-0.39, 0.29) is 0 Å². The van der Waals surface area contributed by atoms with Crippen molar-refractivity contribution in [1.82, 2.24) is 0 Å². The van der Waals surface area contributed by atoms with Gasteiger partial charge < -0.3 is 9.47 Å². The Hall–Kier alpha value is -0.920. The fourth-order valence-electron chi connectivity index (χ4n) is 0.722. The summed E-state index contributed by atoms with van der Waals surface area (Å²) in [6.45, 7) is 6.74. The van der Waals surface area contributed by atoms with E-state index in [1.54, 1.807) is 6.08 Å². The molecule has 0 bridgehead atoms. The Morgan fingerprint density at radius 3 is 2.56 bits per heavy atom. The minimum Gasteiger partial charge on any atom is -0.491 e. The summed E-state index contributed by atoms with van der Waals surface area (Å²) < 4.78 is 10.3. The van der Waals surface area contributed by atoms with Gasteiger partial charge in [0, 0.05) is 0 Å². The summed E-state index contributed by atoms with van der Waals surface area (Å²) in [6, 6.07) is 0. The van der Waals surface area contributed by atoms with Crippen molar-refractivity contribution in [3.05, 3.63) is 24.2 Å². The van der Waals surface area contributed by atoms with Gasteiger partial charge in [0.25, 0.3) is 0 Å². The second kappa shape index (κ2) is 2.58. The lowest BCUT2D eigenvalue weighted by atomic mass is 10.4. The van der Waals surface area contributed by atoms with Crippen LogP contribution in [-0.4, -0.2) is 13.2 Å². The summed E-state index contributed by atoms with van der Waals surface area (Å²) in [5, 5.41) is 0. The second-order valence-corrected chi connectivity index (χ2v) is 1.82. The molecule has 9 heavy (non-hydrogen) atoms. The van der Waals surface area contributed by atoms with E-state index in [0.29, 0.717) is 13.2 Å². The lowest BCUT2D eigenvalue weighted by Crippen LogP contribution is -2.10. The van der Waals surface area contributed by atoms with Gasteiger partial charge in [0.1, 0.15) is 19.0 Å².